The van der Waals surface area contributed by atoms with Crippen LogP contribution >= 0.6 is 6.72 Å². The summed E-state index contributed by atoms with van der Waals surface area (Å²) in [6.07, 6.45) is -1.16. The lowest BCUT2D eigenvalue weighted by Gasteiger charge is -2.35. The average Bonchev–Trinajstić information content (AvgIpc) is 3.15. The molecule has 1 aromatic heterocycles. The minimum atomic E-state index is -4.31. The van der Waals surface area contributed by atoms with Gasteiger partial charge in [-0.3, -0.25) is 4.57 Å². The zero-order valence-corrected chi connectivity index (χ0v) is 23.1. The van der Waals surface area contributed by atoms with Crippen molar-refractivity contribution in [3.05, 3.63) is 22.7 Å². The van der Waals surface area contributed by atoms with Crippen LogP contribution in [0.5, 0.6) is 0 Å². The van der Waals surface area contributed by atoms with Gasteiger partial charge >= 0.3 is 5.69 Å². The third-order valence-corrected chi connectivity index (χ3v) is 6.54. The van der Waals surface area contributed by atoms with Crippen LogP contribution in [0, 0.1) is 0 Å². The second-order valence-corrected chi connectivity index (χ2v) is 10.3. The Morgan fingerprint density at radius 3 is 1.97 bits per heavy atom. The van der Waals surface area contributed by atoms with Crippen molar-refractivity contribution in [1.29, 1.82) is 0 Å². The third kappa shape index (κ3) is 13.2. The first-order valence-electron chi connectivity index (χ1n) is 12.0. The number of anilines is 1. The van der Waals surface area contributed by atoms with E-state index in [0.717, 1.165) is 4.57 Å². The fourth-order valence-corrected chi connectivity index (χ4v) is 3.86. The first-order chi connectivity index (χ1) is 16.0. The van der Waals surface area contributed by atoms with E-state index in [1.54, 1.807) is 9.80 Å². The quantitative estimate of drug-likeness (QED) is 0.239. The Labute approximate surface area is 208 Å². The molecule has 0 bridgehead atoms. The fraction of sp³-hybridized carbons (Fsp3) is 0.810. The van der Waals surface area contributed by atoms with Gasteiger partial charge < -0.3 is 39.7 Å². The molecule has 0 spiro atoms. The van der Waals surface area contributed by atoms with Crippen LogP contribution in [0.25, 0.3) is 0 Å². The molecule has 0 unspecified atom stereocenters. The first kappa shape index (κ1) is 33.0. The van der Waals surface area contributed by atoms with Crippen molar-refractivity contribution in [2.45, 2.75) is 66.4 Å². The molecule has 34 heavy (non-hydrogen) atoms. The molecule has 1 aromatic rings. The molecule has 2 heterocycles. The number of ether oxygens (including phenoxy) is 1. The molecule has 13 heteroatoms. The zero-order valence-electron chi connectivity index (χ0n) is 21.4. The molecule has 11 nitrogen and oxygen atoms in total. The summed E-state index contributed by atoms with van der Waals surface area (Å²) in [5.74, 6) is 0.0723. The maximum absolute atomic E-state index is 11.6. The fourth-order valence-electron chi connectivity index (χ4n) is 3.35. The molecule has 0 aliphatic carbocycles. The Bertz CT molecular complexity index is 749. The number of nitrogen functional groups attached to an aromatic ring is 1. The van der Waals surface area contributed by atoms with Crippen molar-refractivity contribution < 1.29 is 34.0 Å². The van der Waals surface area contributed by atoms with Crippen molar-refractivity contribution in [2.24, 2.45) is 0 Å². The van der Waals surface area contributed by atoms with Gasteiger partial charge in [0.05, 0.1) is 52.0 Å². The van der Waals surface area contributed by atoms with E-state index in [-0.39, 0.29) is 12.2 Å². The van der Waals surface area contributed by atoms with E-state index in [1.165, 1.54) is 51.5 Å². The van der Waals surface area contributed by atoms with Gasteiger partial charge in [0.15, 0.2) is 0 Å². The molecule has 3 atom stereocenters. The molecule has 0 saturated carbocycles. The number of nitrogens with one attached hydrogen (secondary N) is 2. The summed E-state index contributed by atoms with van der Waals surface area (Å²) in [7, 11) is 0. The van der Waals surface area contributed by atoms with E-state index >= 15 is 0 Å². The standard InChI is InChI=1S/C9H14N3O6PS.2C6H15N/c10-7-1-2-12(9(14)11-7)8-3-5(13)6(18-8)4-17-19(15,16)20;2*1-4-7(5-2)6-3/h1-2,5-6,8,13H,3-4H2,(H2,10,11,14)(H2,15,16,20);2*4-6H2,1-3H3/t5-,6+,8+;;/m0../s1. The van der Waals surface area contributed by atoms with Crippen LogP contribution in [0.4, 0.5) is 5.82 Å². The highest BCUT2D eigenvalue weighted by molar-refractivity contribution is 8.05. The van der Waals surface area contributed by atoms with Crippen molar-refractivity contribution in [3.8, 4) is 0 Å². The average molecular weight is 526 g/mol. The van der Waals surface area contributed by atoms with E-state index in [0.29, 0.717) is 0 Å². The van der Waals surface area contributed by atoms with Crippen LogP contribution in [0.15, 0.2) is 17.1 Å². The molecule has 1 saturated heterocycles. The van der Waals surface area contributed by atoms with Crippen molar-refractivity contribution >= 4 is 24.3 Å². The van der Waals surface area contributed by atoms with Gasteiger partial charge in [-0.25, -0.2) is 4.79 Å². The van der Waals surface area contributed by atoms with Crippen LogP contribution < -0.4 is 31.0 Å². The molecule has 1 aliphatic rings. The first-order valence-corrected chi connectivity index (χ1v) is 14.5. The summed E-state index contributed by atoms with van der Waals surface area (Å²) >= 11 is 4.08. The van der Waals surface area contributed by atoms with Crippen LogP contribution in [0.3, 0.4) is 0 Å². The molecular weight excluding hydrogens is 481 g/mol. The van der Waals surface area contributed by atoms with Crippen LogP contribution in [0.1, 0.15) is 54.2 Å². The summed E-state index contributed by atoms with van der Waals surface area (Å²) in [4.78, 5) is 40.0. The number of hydrogen-bond donors (Lipinski definition) is 4. The van der Waals surface area contributed by atoms with E-state index in [2.05, 4.69) is 62.9 Å². The number of aromatic nitrogens is 2. The number of nitrogens with two attached hydrogens (primary N) is 1. The summed E-state index contributed by atoms with van der Waals surface area (Å²) in [5.41, 5.74) is 4.74. The maximum Gasteiger partial charge on any atom is 0.351 e. The molecule has 1 fully saturated rings. The predicted molar refractivity (Wildman–Crippen MR) is 133 cm³/mol. The number of quaternary nitrogens is 2. The summed E-state index contributed by atoms with van der Waals surface area (Å²) in [6, 6.07) is 1.41. The van der Waals surface area contributed by atoms with E-state index < -0.39 is 37.5 Å². The van der Waals surface area contributed by atoms with Crippen molar-refractivity contribution in [2.75, 3.05) is 51.6 Å². The number of rotatable bonds is 10. The summed E-state index contributed by atoms with van der Waals surface area (Å²) in [6.45, 7) is 16.3. The number of aliphatic hydroxyl groups excluding tert-OH is 1. The van der Waals surface area contributed by atoms with Crippen LogP contribution in [-0.2, 0) is 21.1 Å². The highest BCUT2D eigenvalue weighted by atomic mass is 32.5. The smallest absolute Gasteiger partial charge is 0.351 e. The minimum Gasteiger partial charge on any atom is -0.812 e. The van der Waals surface area contributed by atoms with Gasteiger partial charge in [0.25, 0.3) is 0 Å². The second-order valence-electron chi connectivity index (χ2n) is 7.84. The minimum absolute atomic E-state index is 0.0723. The highest BCUT2D eigenvalue weighted by Gasteiger charge is 2.35. The van der Waals surface area contributed by atoms with Crippen LogP contribution in [-0.4, -0.2) is 72.7 Å². The Balaban J connectivity index is 0.000000642. The van der Waals surface area contributed by atoms with Crippen molar-refractivity contribution in [3.63, 3.8) is 0 Å². The normalized spacial score (nSPS) is 20.0. The molecule has 200 valence electrons. The zero-order chi connectivity index (χ0) is 26.3. The Morgan fingerprint density at radius 1 is 1.15 bits per heavy atom. The monoisotopic (exact) mass is 525 g/mol. The van der Waals surface area contributed by atoms with Gasteiger partial charge in [0, 0.05) is 12.6 Å². The molecule has 2 rings (SSSR count). The predicted octanol–water partition coefficient (Wildman–Crippen LogP) is -2.70. The third-order valence-electron chi connectivity index (χ3n) is 5.76. The Hall–Kier alpha value is -0.950. The van der Waals surface area contributed by atoms with Gasteiger partial charge in [-0.1, -0.05) is 6.72 Å². The largest absolute Gasteiger partial charge is 0.812 e. The highest BCUT2D eigenvalue weighted by Crippen LogP contribution is 2.32. The van der Waals surface area contributed by atoms with Gasteiger partial charge in [-0.05, 0) is 47.6 Å². The molecule has 0 amide bonds. The van der Waals surface area contributed by atoms with Gasteiger partial charge in [0.1, 0.15) is 18.1 Å². The lowest BCUT2D eigenvalue weighted by atomic mass is 10.2. The Kier molecular flexibility index (Phi) is 17.0. The number of hydrogen-bond acceptors (Lipinski definition) is 9. The molecule has 1 aliphatic heterocycles. The van der Waals surface area contributed by atoms with Gasteiger partial charge in [0.2, 0.25) is 0 Å². The van der Waals surface area contributed by atoms with Gasteiger partial charge in [-0.2, -0.15) is 4.98 Å². The van der Waals surface area contributed by atoms with Crippen molar-refractivity contribution in [1.82, 2.24) is 9.55 Å². The van der Waals surface area contributed by atoms with E-state index in [1.807, 2.05) is 0 Å². The van der Waals surface area contributed by atoms with Crippen LogP contribution in [0.2, 0.25) is 0 Å². The lowest BCUT2D eigenvalue weighted by molar-refractivity contribution is -0.894. The lowest BCUT2D eigenvalue weighted by Crippen LogP contribution is -3.11. The maximum atomic E-state index is 11.6. The number of aliphatic hydroxyl groups is 1. The Morgan fingerprint density at radius 2 is 1.62 bits per heavy atom. The second kappa shape index (κ2) is 17.5. The summed E-state index contributed by atoms with van der Waals surface area (Å²) < 4.78 is 11.0. The van der Waals surface area contributed by atoms with Gasteiger partial charge in [-0.15, -0.1) is 11.8 Å². The molecule has 0 aromatic carbocycles. The SMILES string of the molecule is CC[NH+](CC)CC.CC[NH+](CC)CC.Nc1ccn([C@H]2C[C@H](O)[C@@H](COP([O-])([O-])=S)O2)c(=O)n1. The molecular formula is C21H44N5O6PS. The van der Waals surface area contributed by atoms with E-state index in [4.69, 9.17) is 10.5 Å². The molecule has 5 N–H and O–H groups in total. The number of nitrogens with zero attached hydrogens (tertiary/aromatic N) is 2. The topological polar surface area (TPSA) is 155 Å². The summed E-state index contributed by atoms with van der Waals surface area (Å²) in [5, 5.41) is 9.77. The van der Waals surface area contributed by atoms with E-state index in [9.17, 15) is 19.7 Å². The molecule has 0 radical (unpaired) electrons.